The van der Waals surface area contributed by atoms with Crippen molar-refractivity contribution in [2.75, 3.05) is 19.7 Å². The van der Waals surface area contributed by atoms with Gasteiger partial charge in [0.25, 0.3) is 5.85 Å². The number of rotatable bonds is 2. The molecule has 0 radical (unpaired) electrons. The van der Waals surface area contributed by atoms with Gasteiger partial charge in [-0.25, -0.2) is 0 Å². The van der Waals surface area contributed by atoms with Gasteiger partial charge in [0, 0.05) is 19.5 Å². The number of nitrogens with zero attached hydrogens (tertiary/aromatic N) is 1. The van der Waals surface area contributed by atoms with E-state index in [0.29, 0.717) is 32.4 Å². The summed E-state index contributed by atoms with van der Waals surface area (Å²) in [4.78, 5) is 23.7. The highest BCUT2D eigenvalue weighted by Gasteiger charge is 2.45. The Labute approximate surface area is 76.0 Å². The van der Waals surface area contributed by atoms with Crippen LogP contribution in [0.1, 0.15) is 12.8 Å². The molecule has 5 nitrogen and oxygen atoms in total. The van der Waals surface area contributed by atoms with Gasteiger partial charge in [0.2, 0.25) is 5.91 Å². The van der Waals surface area contributed by atoms with Crippen LogP contribution in [0.5, 0.6) is 0 Å². The average Bonchev–Trinajstić information content (AvgIpc) is 2.73. The molecule has 2 saturated heterocycles. The van der Waals surface area contributed by atoms with Crippen molar-refractivity contribution < 1.29 is 14.3 Å². The van der Waals surface area contributed by atoms with Gasteiger partial charge in [-0.15, -0.1) is 0 Å². The lowest BCUT2D eigenvalue weighted by Crippen LogP contribution is -2.58. The smallest absolute Gasteiger partial charge is 0.259 e. The normalized spacial score (nSPS) is 34.2. The first-order chi connectivity index (χ1) is 6.28. The second-order valence-corrected chi connectivity index (χ2v) is 3.24. The molecule has 0 bridgehead atoms. The molecule has 72 valence electrons. The van der Waals surface area contributed by atoms with E-state index < -0.39 is 5.85 Å². The molecule has 0 aromatic rings. The van der Waals surface area contributed by atoms with Gasteiger partial charge in [0.05, 0.1) is 6.61 Å². The van der Waals surface area contributed by atoms with Crippen LogP contribution in [0, 0.1) is 0 Å². The molecule has 2 aliphatic heterocycles. The lowest BCUT2D eigenvalue weighted by molar-refractivity contribution is -0.167. The molecule has 1 unspecified atom stereocenters. The van der Waals surface area contributed by atoms with Crippen LogP contribution in [-0.4, -0.2) is 42.6 Å². The van der Waals surface area contributed by atoms with E-state index in [0.717, 1.165) is 6.42 Å². The minimum Gasteiger partial charge on any atom is -0.335 e. The number of carbonyl (C=O) groups is 2. The van der Waals surface area contributed by atoms with Crippen molar-refractivity contribution in [3.8, 4) is 0 Å². The van der Waals surface area contributed by atoms with Crippen LogP contribution in [0.2, 0.25) is 0 Å². The topological polar surface area (TPSA) is 58.6 Å². The Hall–Kier alpha value is -0.940. The number of amides is 1. The molecule has 1 N–H and O–H groups in total. The Morgan fingerprint density at radius 3 is 2.92 bits per heavy atom. The summed E-state index contributed by atoms with van der Waals surface area (Å²) in [6.45, 7) is 1.69. The minimum atomic E-state index is -1.16. The zero-order valence-electron chi connectivity index (χ0n) is 7.28. The standard InChI is InChI=1S/C8H12N2O3/c11-6-8(9-3-5-13-8)10-4-1-2-7(10)12/h6,9H,1-5H2. The molecular weight excluding hydrogens is 172 g/mol. The molecule has 5 heteroatoms. The number of likely N-dealkylation sites (tertiary alicyclic amines) is 1. The second-order valence-electron chi connectivity index (χ2n) is 3.24. The van der Waals surface area contributed by atoms with Crippen LogP contribution in [0.3, 0.4) is 0 Å². The zero-order chi connectivity index (χ0) is 9.31. The Kier molecular flexibility index (Phi) is 2.05. The maximum absolute atomic E-state index is 11.4. The van der Waals surface area contributed by atoms with E-state index in [2.05, 4.69) is 5.32 Å². The third-order valence-electron chi connectivity index (χ3n) is 2.44. The number of nitrogens with one attached hydrogen (secondary N) is 1. The van der Waals surface area contributed by atoms with Crippen LogP contribution >= 0.6 is 0 Å². The van der Waals surface area contributed by atoms with Crippen molar-refractivity contribution in [2.24, 2.45) is 0 Å². The van der Waals surface area contributed by atoms with Gasteiger partial charge in [0.15, 0.2) is 6.29 Å². The Morgan fingerprint density at radius 1 is 1.62 bits per heavy atom. The van der Waals surface area contributed by atoms with Crippen molar-refractivity contribution in [1.82, 2.24) is 10.2 Å². The molecule has 2 aliphatic rings. The fourth-order valence-electron chi connectivity index (χ4n) is 1.80. The Balaban J connectivity index is 2.19. The number of aldehydes is 1. The van der Waals surface area contributed by atoms with Crippen molar-refractivity contribution in [3.05, 3.63) is 0 Å². The first kappa shape index (κ1) is 8.65. The summed E-state index contributed by atoms with van der Waals surface area (Å²) in [5.74, 6) is -1.17. The van der Waals surface area contributed by atoms with E-state index in [1.54, 1.807) is 0 Å². The molecule has 1 atom stereocenters. The molecule has 1 amide bonds. The quantitative estimate of drug-likeness (QED) is 0.564. The third kappa shape index (κ3) is 1.24. The molecule has 0 aromatic carbocycles. The second kappa shape index (κ2) is 3.08. The van der Waals surface area contributed by atoms with Crippen LogP contribution < -0.4 is 5.32 Å². The summed E-state index contributed by atoms with van der Waals surface area (Å²) in [5.41, 5.74) is 0. The van der Waals surface area contributed by atoms with Gasteiger partial charge in [-0.3, -0.25) is 19.8 Å². The molecule has 0 spiro atoms. The van der Waals surface area contributed by atoms with Gasteiger partial charge in [-0.1, -0.05) is 0 Å². The third-order valence-corrected chi connectivity index (χ3v) is 2.44. The highest BCUT2D eigenvalue weighted by Crippen LogP contribution is 2.22. The largest absolute Gasteiger partial charge is 0.335 e. The van der Waals surface area contributed by atoms with Gasteiger partial charge in [-0.2, -0.15) is 0 Å². The van der Waals surface area contributed by atoms with Crippen molar-refractivity contribution in [2.45, 2.75) is 18.7 Å². The number of carbonyl (C=O) groups excluding carboxylic acids is 2. The Morgan fingerprint density at radius 2 is 2.46 bits per heavy atom. The average molecular weight is 184 g/mol. The first-order valence-electron chi connectivity index (χ1n) is 4.44. The zero-order valence-corrected chi connectivity index (χ0v) is 7.28. The molecular formula is C8H12N2O3. The van der Waals surface area contributed by atoms with E-state index in [-0.39, 0.29) is 5.91 Å². The van der Waals surface area contributed by atoms with E-state index in [1.165, 1.54) is 4.90 Å². The summed E-state index contributed by atoms with van der Waals surface area (Å²) in [6, 6.07) is 0. The van der Waals surface area contributed by atoms with E-state index in [4.69, 9.17) is 4.74 Å². The molecule has 2 rings (SSSR count). The van der Waals surface area contributed by atoms with Crippen molar-refractivity contribution in [1.29, 1.82) is 0 Å². The summed E-state index contributed by atoms with van der Waals surface area (Å²) in [6.07, 6.45) is 1.99. The van der Waals surface area contributed by atoms with Crippen LogP contribution in [0.15, 0.2) is 0 Å². The highest BCUT2D eigenvalue weighted by atomic mass is 16.5. The van der Waals surface area contributed by atoms with Crippen LogP contribution in [0.25, 0.3) is 0 Å². The minimum absolute atomic E-state index is 0.0125. The first-order valence-corrected chi connectivity index (χ1v) is 4.44. The fraction of sp³-hybridized carbons (Fsp3) is 0.750. The molecule has 2 fully saturated rings. The number of hydrogen-bond acceptors (Lipinski definition) is 4. The number of hydrogen-bond donors (Lipinski definition) is 1. The Bertz CT molecular complexity index is 236. The fourth-order valence-corrected chi connectivity index (χ4v) is 1.80. The molecule has 2 heterocycles. The summed E-state index contributed by atoms with van der Waals surface area (Å²) >= 11 is 0. The molecule has 0 aliphatic carbocycles. The lowest BCUT2D eigenvalue weighted by Gasteiger charge is -2.32. The highest BCUT2D eigenvalue weighted by molar-refractivity contribution is 5.82. The van der Waals surface area contributed by atoms with Crippen LogP contribution in [0.4, 0.5) is 0 Å². The van der Waals surface area contributed by atoms with Crippen molar-refractivity contribution in [3.63, 3.8) is 0 Å². The molecule has 0 saturated carbocycles. The monoisotopic (exact) mass is 184 g/mol. The van der Waals surface area contributed by atoms with Gasteiger partial charge >= 0.3 is 0 Å². The SMILES string of the molecule is O=CC1(N2CCCC2=O)NCCO1. The van der Waals surface area contributed by atoms with E-state index in [9.17, 15) is 9.59 Å². The molecule has 0 aromatic heterocycles. The maximum atomic E-state index is 11.4. The number of ether oxygens (including phenoxy) is 1. The van der Waals surface area contributed by atoms with Crippen LogP contribution in [-0.2, 0) is 14.3 Å². The van der Waals surface area contributed by atoms with Gasteiger partial charge < -0.3 is 4.74 Å². The predicted octanol–water partition coefficient (Wildman–Crippen LogP) is -0.919. The predicted molar refractivity (Wildman–Crippen MR) is 43.7 cm³/mol. The molecule has 13 heavy (non-hydrogen) atoms. The summed E-state index contributed by atoms with van der Waals surface area (Å²) in [5, 5.41) is 2.91. The van der Waals surface area contributed by atoms with Gasteiger partial charge in [0.1, 0.15) is 0 Å². The summed E-state index contributed by atoms with van der Waals surface area (Å²) in [7, 11) is 0. The maximum Gasteiger partial charge on any atom is 0.259 e. The lowest BCUT2D eigenvalue weighted by atomic mass is 10.4. The van der Waals surface area contributed by atoms with Crippen molar-refractivity contribution >= 4 is 12.2 Å². The van der Waals surface area contributed by atoms with E-state index >= 15 is 0 Å². The van der Waals surface area contributed by atoms with Gasteiger partial charge in [-0.05, 0) is 6.42 Å². The summed E-state index contributed by atoms with van der Waals surface area (Å²) < 4.78 is 5.27. The van der Waals surface area contributed by atoms with E-state index in [1.807, 2.05) is 0 Å².